The molecule has 0 amide bonds. The smallest absolute Gasteiger partial charge is 0.171 e. The fourth-order valence-corrected chi connectivity index (χ4v) is 3.86. The molecule has 2 bridgehead atoms. The quantitative estimate of drug-likeness (QED) is 0.930. The third-order valence-corrected chi connectivity index (χ3v) is 5.28. The molecule has 1 N–H and O–H groups in total. The summed E-state index contributed by atoms with van der Waals surface area (Å²) in [5.41, 5.74) is 1.85. The minimum atomic E-state index is 0.490. The van der Waals surface area contributed by atoms with Gasteiger partial charge in [-0.3, -0.25) is 0 Å². The van der Waals surface area contributed by atoms with Crippen molar-refractivity contribution >= 4 is 17.4 Å². The predicted octanol–water partition coefficient (Wildman–Crippen LogP) is 3.03. The van der Waals surface area contributed by atoms with E-state index in [1.54, 1.807) is 0 Å². The first-order valence-electron chi connectivity index (χ1n) is 7.51. The molecule has 3 rings (SSSR count). The standard InChI is InChI=1S/C15H23ClN4/c1-9-10(2)19-15(14(16)18-9)17-8-11-6-12-4-5-13(7-11)20(12)3/h11-13H,4-8H2,1-3H3,(H,17,19). The number of aryl methyl sites for hydroxylation is 2. The third kappa shape index (κ3) is 2.63. The summed E-state index contributed by atoms with van der Waals surface area (Å²) in [7, 11) is 2.28. The summed E-state index contributed by atoms with van der Waals surface area (Å²) in [6.45, 7) is 4.87. The van der Waals surface area contributed by atoms with Crippen LogP contribution in [-0.2, 0) is 0 Å². The van der Waals surface area contributed by atoms with E-state index in [0.29, 0.717) is 5.15 Å². The van der Waals surface area contributed by atoms with Gasteiger partial charge in [-0.2, -0.15) is 0 Å². The largest absolute Gasteiger partial charge is 0.367 e. The number of hydrogen-bond acceptors (Lipinski definition) is 4. The Morgan fingerprint density at radius 1 is 1.15 bits per heavy atom. The number of piperidine rings is 1. The van der Waals surface area contributed by atoms with E-state index in [0.717, 1.165) is 41.8 Å². The highest BCUT2D eigenvalue weighted by molar-refractivity contribution is 6.31. The summed E-state index contributed by atoms with van der Waals surface area (Å²) in [6, 6.07) is 1.56. The molecule has 0 aliphatic carbocycles. The van der Waals surface area contributed by atoms with Crippen molar-refractivity contribution in [2.45, 2.75) is 51.6 Å². The van der Waals surface area contributed by atoms with Crippen LogP contribution < -0.4 is 5.32 Å². The van der Waals surface area contributed by atoms with E-state index < -0.39 is 0 Å². The third-order valence-electron chi connectivity index (χ3n) is 5.02. The zero-order valence-corrected chi connectivity index (χ0v) is 13.2. The van der Waals surface area contributed by atoms with E-state index in [1.807, 2.05) is 13.8 Å². The van der Waals surface area contributed by atoms with Crippen molar-refractivity contribution in [2.24, 2.45) is 5.92 Å². The van der Waals surface area contributed by atoms with Crippen LogP contribution >= 0.6 is 11.6 Å². The number of rotatable bonds is 3. The van der Waals surface area contributed by atoms with Crippen molar-refractivity contribution < 1.29 is 0 Å². The van der Waals surface area contributed by atoms with Crippen LogP contribution in [0.1, 0.15) is 37.1 Å². The van der Waals surface area contributed by atoms with Gasteiger partial charge in [0, 0.05) is 18.6 Å². The Morgan fingerprint density at radius 2 is 1.75 bits per heavy atom. The molecule has 0 spiro atoms. The van der Waals surface area contributed by atoms with E-state index >= 15 is 0 Å². The van der Waals surface area contributed by atoms with Crippen LogP contribution in [0.4, 0.5) is 5.82 Å². The van der Waals surface area contributed by atoms with E-state index in [1.165, 1.54) is 25.7 Å². The van der Waals surface area contributed by atoms with E-state index in [2.05, 4.69) is 27.2 Å². The number of nitrogens with zero attached hydrogens (tertiary/aromatic N) is 3. The summed E-state index contributed by atoms with van der Waals surface area (Å²) in [5.74, 6) is 1.46. The summed E-state index contributed by atoms with van der Waals surface area (Å²) < 4.78 is 0. The van der Waals surface area contributed by atoms with Crippen molar-refractivity contribution in [3.63, 3.8) is 0 Å². The number of nitrogens with one attached hydrogen (secondary N) is 1. The SMILES string of the molecule is Cc1nc(Cl)c(NCC2CC3CCC(C2)N3C)nc1C. The van der Waals surface area contributed by atoms with E-state index in [-0.39, 0.29) is 0 Å². The van der Waals surface area contributed by atoms with Crippen LogP contribution in [0.25, 0.3) is 0 Å². The Hall–Kier alpha value is -0.870. The molecule has 4 nitrogen and oxygen atoms in total. The van der Waals surface area contributed by atoms with Crippen molar-refractivity contribution in [3.8, 4) is 0 Å². The molecule has 2 saturated heterocycles. The Morgan fingerprint density at radius 3 is 2.40 bits per heavy atom. The molecule has 3 heterocycles. The molecule has 0 radical (unpaired) electrons. The second-order valence-corrected chi connectivity index (χ2v) is 6.66. The molecule has 1 aromatic heterocycles. The van der Waals surface area contributed by atoms with Crippen LogP contribution in [0.3, 0.4) is 0 Å². The molecule has 0 aromatic carbocycles. The number of hydrogen-bond donors (Lipinski definition) is 1. The summed E-state index contributed by atoms with van der Waals surface area (Å²) in [4.78, 5) is 11.4. The highest BCUT2D eigenvalue weighted by Crippen LogP contribution is 2.37. The van der Waals surface area contributed by atoms with Crippen molar-refractivity contribution in [3.05, 3.63) is 16.5 Å². The van der Waals surface area contributed by atoms with Crippen LogP contribution in [0.2, 0.25) is 5.15 Å². The molecular weight excluding hydrogens is 272 g/mol. The van der Waals surface area contributed by atoms with Crippen molar-refractivity contribution in [1.29, 1.82) is 0 Å². The average Bonchev–Trinajstić information content (AvgIpc) is 2.64. The second-order valence-electron chi connectivity index (χ2n) is 6.30. The van der Waals surface area contributed by atoms with Gasteiger partial charge in [0.15, 0.2) is 11.0 Å². The lowest BCUT2D eigenvalue weighted by atomic mass is 9.91. The number of fused-ring (bicyclic) bond motifs is 2. The minimum Gasteiger partial charge on any atom is -0.367 e. The molecule has 110 valence electrons. The number of aromatic nitrogens is 2. The maximum atomic E-state index is 6.17. The fraction of sp³-hybridized carbons (Fsp3) is 0.733. The van der Waals surface area contributed by atoms with Gasteiger partial charge in [-0.1, -0.05) is 11.6 Å². The molecular formula is C15H23ClN4. The van der Waals surface area contributed by atoms with Crippen molar-refractivity contribution in [1.82, 2.24) is 14.9 Å². The molecule has 1 aromatic rings. The average molecular weight is 295 g/mol. The Labute approximate surface area is 125 Å². The van der Waals surface area contributed by atoms with Gasteiger partial charge in [0.25, 0.3) is 0 Å². The van der Waals surface area contributed by atoms with Gasteiger partial charge in [-0.15, -0.1) is 0 Å². The first-order chi connectivity index (χ1) is 9.54. The molecule has 5 heteroatoms. The molecule has 2 unspecified atom stereocenters. The molecule has 2 atom stereocenters. The van der Waals surface area contributed by atoms with Gasteiger partial charge in [0.2, 0.25) is 0 Å². The zero-order valence-electron chi connectivity index (χ0n) is 12.5. The minimum absolute atomic E-state index is 0.490. The van der Waals surface area contributed by atoms with Gasteiger partial charge in [0.05, 0.1) is 11.4 Å². The number of halogens is 1. The van der Waals surface area contributed by atoms with Gasteiger partial charge in [0.1, 0.15) is 0 Å². The summed E-state index contributed by atoms with van der Waals surface area (Å²) in [5, 5.41) is 3.90. The highest BCUT2D eigenvalue weighted by Gasteiger charge is 2.38. The van der Waals surface area contributed by atoms with Gasteiger partial charge < -0.3 is 10.2 Å². The van der Waals surface area contributed by atoms with Crippen molar-refractivity contribution in [2.75, 3.05) is 18.9 Å². The zero-order chi connectivity index (χ0) is 14.3. The molecule has 2 aliphatic heterocycles. The lowest BCUT2D eigenvalue weighted by Gasteiger charge is -2.36. The topological polar surface area (TPSA) is 41.1 Å². The fourth-order valence-electron chi connectivity index (χ4n) is 3.62. The second kappa shape index (κ2) is 5.49. The summed E-state index contributed by atoms with van der Waals surface area (Å²) >= 11 is 6.17. The molecule has 2 aliphatic rings. The van der Waals surface area contributed by atoms with Crippen LogP contribution in [-0.4, -0.2) is 40.5 Å². The first-order valence-corrected chi connectivity index (χ1v) is 7.89. The normalized spacial score (nSPS) is 29.7. The van der Waals surface area contributed by atoms with Crippen LogP contribution in [0.15, 0.2) is 0 Å². The van der Waals surface area contributed by atoms with Gasteiger partial charge >= 0.3 is 0 Å². The maximum absolute atomic E-state index is 6.17. The van der Waals surface area contributed by atoms with Gasteiger partial charge in [-0.05, 0) is 52.5 Å². The van der Waals surface area contributed by atoms with Crippen LogP contribution in [0, 0.1) is 19.8 Å². The highest BCUT2D eigenvalue weighted by atomic mass is 35.5. The van der Waals surface area contributed by atoms with E-state index in [9.17, 15) is 0 Å². The predicted molar refractivity (Wildman–Crippen MR) is 82.3 cm³/mol. The Bertz CT molecular complexity index is 491. The van der Waals surface area contributed by atoms with Gasteiger partial charge in [-0.25, -0.2) is 9.97 Å². The van der Waals surface area contributed by atoms with E-state index in [4.69, 9.17) is 11.6 Å². The maximum Gasteiger partial charge on any atom is 0.171 e. The Balaban J connectivity index is 1.62. The summed E-state index contributed by atoms with van der Waals surface area (Å²) in [6.07, 6.45) is 5.30. The Kier molecular flexibility index (Phi) is 3.87. The molecule has 0 saturated carbocycles. The van der Waals surface area contributed by atoms with Crippen LogP contribution in [0.5, 0.6) is 0 Å². The first kappa shape index (κ1) is 14.1. The monoisotopic (exact) mass is 294 g/mol. The lowest BCUT2D eigenvalue weighted by Crippen LogP contribution is -2.41. The lowest BCUT2D eigenvalue weighted by molar-refractivity contribution is 0.139. The number of anilines is 1. The molecule has 20 heavy (non-hydrogen) atoms. The molecule has 2 fully saturated rings.